The van der Waals surface area contributed by atoms with E-state index in [0.717, 1.165) is 0 Å². The monoisotopic (exact) mass is 312 g/mol. The third-order valence-electron chi connectivity index (χ3n) is 3.87. The van der Waals surface area contributed by atoms with Gasteiger partial charge in [-0.15, -0.1) is 0 Å². The van der Waals surface area contributed by atoms with Crippen molar-refractivity contribution >= 4 is 17.8 Å². The first-order chi connectivity index (χ1) is 9.93. The normalized spacial score (nSPS) is 18.9. The van der Waals surface area contributed by atoms with E-state index >= 15 is 0 Å². The van der Waals surface area contributed by atoms with Gasteiger partial charge in [0, 0.05) is 43.6 Å². The van der Waals surface area contributed by atoms with Crippen molar-refractivity contribution in [3.63, 3.8) is 0 Å². The van der Waals surface area contributed by atoms with Crippen LogP contribution in [-0.2, 0) is 9.59 Å². The van der Waals surface area contributed by atoms with Gasteiger partial charge in [0.05, 0.1) is 0 Å². The molecule has 0 unspecified atom stereocenters. The van der Waals surface area contributed by atoms with Crippen molar-refractivity contribution in [2.75, 3.05) is 26.2 Å². The Kier molecular flexibility index (Phi) is 5.56. The maximum absolute atomic E-state index is 12.4. The molecule has 0 atom stereocenters. The van der Waals surface area contributed by atoms with Gasteiger partial charge in [-0.2, -0.15) is 0 Å². The Balaban J connectivity index is 2.59. The number of nitrogens with one attached hydrogen (secondary N) is 1. The first-order valence-electron chi connectivity index (χ1n) is 7.57. The standard InChI is InChI=1S/C15H28N4O3/c1-14(2,3)12(21)18-8-9-19(15(4,5)10-18)7-6-11(20)17-13(16)22/h6-10H2,1-5H3,(H3,16,17,20,22). The minimum absolute atomic E-state index is 0.145. The van der Waals surface area contributed by atoms with Crippen LogP contribution in [0.4, 0.5) is 4.79 Å². The van der Waals surface area contributed by atoms with Crippen LogP contribution in [-0.4, -0.2) is 59.4 Å². The molecule has 1 rings (SSSR count). The summed E-state index contributed by atoms with van der Waals surface area (Å²) in [4.78, 5) is 38.6. The molecule has 0 aromatic heterocycles. The van der Waals surface area contributed by atoms with E-state index < -0.39 is 6.03 Å². The number of carbonyl (C=O) groups excluding carboxylic acids is 3. The highest BCUT2D eigenvalue weighted by atomic mass is 16.2. The molecule has 126 valence electrons. The summed E-state index contributed by atoms with van der Waals surface area (Å²) in [5.74, 6) is -0.233. The highest BCUT2D eigenvalue weighted by molar-refractivity contribution is 5.93. The smallest absolute Gasteiger partial charge is 0.318 e. The minimum atomic E-state index is -0.829. The molecule has 1 heterocycles. The number of rotatable bonds is 3. The van der Waals surface area contributed by atoms with Gasteiger partial charge in [0.15, 0.2) is 0 Å². The van der Waals surface area contributed by atoms with E-state index in [-0.39, 0.29) is 29.2 Å². The summed E-state index contributed by atoms with van der Waals surface area (Å²) in [5, 5.41) is 2.07. The van der Waals surface area contributed by atoms with Gasteiger partial charge in [0.25, 0.3) is 0 Å². The van der Waals surface area contributed by atoms with Gasteiger partial charge in [0.2, 0.25) is 11.8 Å². The molecule has 1 saturated heterocycles. The Morgan fingerprint density at radius 3 is 2.23 bits per heavy atom. The van der Waals surface area contributed by atoms with Crippen LogP contribution in [0.15, 0.2) is 0 Å². The van der Waals surface area contributed by atoms with Crippen molar-refractivity contribution in [2.24, 2.45) is 11.1 Å². The Morgan fingerprint density at radius 1 is 1.18 bits per heavy atom. The Bertz CT molecular complexity index is 454. The van der Waals surface area contributed by atoms with Gasteiger partial charge in [0.1, 0.15) is 0 Å². The van der Waals surface area contributed by atoms with Gasteiger partial charge in [-0.1, -0.05) is 20.8 Å². The summed E-state index contributed by atoms with van der Waals surface area (Å²) in [7, 11) is 0. The Morgan fingerprint density at radius 2 is 1.77 bits per heavy atom. The number of primary amides is 1. The fourth-order valence-corrected chi connectivity index (χ4v) is 2.69. The number of hydrogen-bond acceptors (Lipinski definition) is 4. The molecule has 1 fully saturated rings. The fraction of sp³-hybridized carbons (Fsp3) is 0.800. The second-order valence-corrected chi connectivity index (χ2v) is 7.44. The quantitative estimate of drug-likeness (QED) is 0.795. The molecule has 0 saturated carbocycles. The molecule has 1 aliphatic rings. The van der Waals surface area contributed by atoms with Crippen LogP contribution in [0.2, 0.25) is 0 Å². The lowest BCUT2D eigenvalue weighted by Crippen LogP contribution is -2.62. The first-order valence-corrected chi connectivity index (χ1v) is 7.57. The van der Waals surface area contributed by atoms with Crippen molar-refractivity contribution < 1.29 is 14.4 Å². The second kappa shape index (κ2) is 6.64. The van der Waals surface area contributed by atoms with Crippen molar-refractivity contribution in [3.8, 4) is 0 Å². The summed E-state index contributed by atoms with van der Waals surface area (Å²) < 4.78 is 0. The van der Waals surface area contributed by atoms with Crippen LogP contribution >= 0.6 is 0 Å². The van der Waals surface area contributed by atoms with Crippen molar-refractivity contribution in [3.05, 3.63) is 0 Å². The molecule has 0 aromatic rings. The molecule has 0 spiro atoms. The summed E-state index contributed by atoms with van der Waals surface area (Å²) in [5.41, 5.74) is 4.31. The maximum Gasteiger partial charge on any atom is 0.318 e. The van der Waals surface area contributed by atoms with Gasteiger partial charge in [-0.3, -0.25) is 19.8 Å². The molecule has 3 N–H and O–H groups in total. The molecule has 1 aliphatic heterocycles. The number of imide groups is 1. The number of nitrogens with two attached hydrogens (primary N) is 1. The topological polar surface area (TPSA) is 95.7 Å². The SMILES string of the molecule is CC(C)(C)C(=O)N1CCN(CCC(=O)NC(N)=O)C(C)(C)C1. The van der Waals surface area contributed by atoms with Crippen LogP contribution in [0.1, 0.15) is 41.0 Å². The van der Waals surface area contributed by atoms with Gasteiger partial charge < -0.3 is 10.6 Å². The highest BCUT2D eigenvalue weighted by Gasteiger charge is 2.38. The van der Waals surface area contributed by atoms with Crippen molar-refractivity contribution in [1.29, 1.82) is 0 Å². The molecule has 0 aliphatic carbocycles. The zero-order chi connectivity index (χ0) is 17.1. The van der Waals surface area contributed by atoms with E-state index in [4.69, 9.17) is 5.73 Å². The predicted octanol–water partition coefficient (Wildman–Crippen LogP) is 0.540. The molecular formula is C15H28N4O3. The minimum Gasteiger partial charge on any atom is -0.351 e. The van der Waals surface area contributed by atoms with Crippen LogP contribution in [0.5, 0.6) is 0 Å². The van der Waals surface area contributed by atoms with E-state index in [1.807, 2.05) is 25.7 Å². The summed E-state index contributed by atoms with van der Waals surface area (Å²) >= 11 is 0. The number of hydrogen-bond donors (Lipinski definition) is 2. The lowest BCUT2D eigenvalue weighted by Gasteiger charge is -2.48. The number of urea groups is 1. The van der Waals surface area contributed by atoms with E-state index in [9.17, 15) is 14.4 Å². The molecule has 7 nitrogen and oxygen atoms in total. The lowest BCUT2D eigenvalue weighted by atomic mass is 9.91. The summed E-state index contributed by atoms with van der Waals surface area (Å²) in [6, 6.07) is -0.829. The number of carbonyl (C=O) groups is 3. The van der Waals surface area contributed by atoms with Crippen molar-refractivity contribution in [2.45, 2.75) is 46.6 Å². The average molecular weight is 312 g/mol. The van der Waals surface area contributed by atoms with E-state index in [1.54, 1.807) is 0 Å². The molecule has 0 bridgehead atoms. The van der Waals surface area contributed by atoms with Gasteiger partial charge in [-0.05, 0) is 13.8 Å². The van der Waals surface area contributed by atoms with Crippen LogP contribution < -0.4 is 11.1 Å². The van der Waals surface area contributed by atoms with E-state index in [2.05, 4.69) is 24.1 Å². The summed E-state index contributed by atoms with van der Waals surface area (Å²) in [6.07, 6.45) is 0.208. The third kappa shape index (κ3) is 4.98. The highest BCUT2D eigenvalue weighted by Crippen LogP contribution is 2.25. The van der Waals surface area contributed by atoms with Crippen molar-refractivity contribution in [1.82, 2.24) is 15.1 Å². The Hall–Kier alpha value is -1.63. The van der Waals surface area contributed by atoms with Crippen LogP contribution in [0, 0.1) is 5.41 Å². The van der Waals surface area contributed by atoms with E-state index in [0.29, 0.717) is 26.2 Å². The average Bonchev–Trinajstić information content (AvgIpc) is 2.33. The number of amides is 4. The molecule has 4 amide bonds. The summed E-state index contributed by atoms with van der Waals surface area (Å²) in [6.45, 7) is 12.4. The van der Waals surface area contributed by atoms with Gasteiger partial charge in [-0.25, -0.2) is 4.79 Å². The molecule has 0 aromatic carbocycles. The molecule has 7 heteroatoms. The first kappa shape index (κ1) is 18.4. The lowest BCUT2D eigenvalue weighted by molar-refractivity contribution is -0.145. The number of piperazine rings is 1. The largest absolute Gasteiger partial charge is 0.351 e. The zero-order valence-corrected chi connectivity index (χ0v) is 14.2. The third-order valence-corrected chi connectivity index (χ3v) is 3.87. The Labute approximate surface area is 132 Å². The maximum atomic E-state index is 12.4. The molecular weight excluding hydrogens is 284 g/mol. The zero-order valence-electron chi connectivity index (χ0n) is 14.2. The molecule has 0 radical (unpaired) electrons. The van der Waals surface area contributed by atoms with Crippen LogP contribution in [0.3, 0.4) is 0 Å². The molecule has 22 heavy (non-hydrogen) atoms. The fourth-order valence-electron chi connectivity index (χ4n) is 2.69. The predicted molar refractivity (Wildman–Crippen MR) is 84.0 cm³/mol. The van der Waals surface area contributed by atoms with Crippen LogP contribution in [0.25, 0.3) is 0 Å². The second-order valence-electron chi connectivity index (χ2n) is 7.44. The number of nitrogens with zero attached hydrogens (tertiary/aromatic N) is 2. The van der Waals surface area contributed by atoms with E-state index in [1.165, 1.54) is 0 Å². The van der Waals surface area contributed by atoms with Gasteiger partial charge >= 0.3 is 6.03 Å².